The van der Waals surface area contributed by atoms with E-state index >= 15 is 0 Å². The van der Waals surface area contributed by atoms with Crippen molar-refractivity contribution in [3.8, 4) is 0 Å². The number of aryl methyl sites for hydroxylation is 1. The molecule has 15 heavy (non-hydrogen) atoms. The highest BCUT2D eigenvalue weighted by Gasteiger charge is 2.23. The molecule has 0 aliphatic carbocycles. The molecular weight excluding hydrogens is 212 g/mol. The lowest BCUT2D eigenvalue weighted by Gasteiger charge is -2.09. The SMILES string of the molecule is Cc1c(NC(=O)C2CSCN2)cnn1C. The molecule has 6 heteroatoms. The zero-order chi connectivity index (χ0) is 10.8. The largest absolute Gasteiger partial charge is 0.322 e. The van der Waals surface area contributed by atoms with E-state index in [0.717, 1.165) is 23.0 Å². The zero-order valence-corrected chi connectivity index (χ0v) is 9.60. The van der Waals surface area contributed by atoms with Crippen molar-refractivity contribution in [1.82, 2.24) is 15.1 Å². The molecule has 1 atom stereocenters. The van der Waals surface area contributed by atoms with Gasteiger partial charge in [-0.15, -0.1) is 11.8 Å². The van der Waals surface area contributed by atoms with Crippen LogP contribution in [-0.4, -0.2) is 33.4 Å². The molecule has 0 aromatic carbocycles. The first-order valence-electron chi connectivity index (χ1n) is 4.79. The van der Waals surface area contributed by atoms with Crippen LogP contribution < -0.4 is 10.6 Å². The van der Waals surface area contributed by atoms with Gasteiger partial charge in [0.2, 0.25) is 5.91 Å². The van der Waals surface area contributed by atoms with E-state index in [9.17, 15) is 4.79 Å². The summed E-state index contributed by atoms with van der Waals surface area (Å²) < 4.78 is 1.74. The van der Waals surface area contributed by atoms with Crippen LogP contribution >= 0.6 is 11.8 Å². The normalized spacial score (nSPS) is 20.5. The fourth-order valence-electron chi connectivity index (χ4n) is 1.40. The van der Waals surface area contributed by atoms with Gasteiger partial charge in [-0.2, -0.15) is 5.10 Å². The number of nitrogens with one attached hydrogen (secondary N) is 2. The summed E-state index contributed by atoms with van der Waals surface area (Å²) in [6.45, 7) is 1.93. The van der Waals surface area contributed by atoms with Crippen molar-refractivity contribution in [2.24, 2.45) is 7.05 Å². The van der Waals surface area contributed by atoms with Gasteiger partial charge < -0.3 is 5.32 Å². The Balaban J connectivity index is 2.02. The highest BCUT2D eigenvalue weighted by molar-refractivity contribution is 7.99. The highest BCUT2D eigenvalue weighted by atomic mass is 32.2. The first-order chi connectivity index (χ1) is 7.18. The Labute approximate surface area is 92.6 Å². The molecule has 1 unspecified atom stereocenters. The Bertz CT molecular complexity index is 370. The van der Waals surface area contributed by atoms with Gasteiger partial charge in [0.1, 0.15) is 0 Å². The van der Waals surface area contributed by atoms with Crippen LogP contribution in [0.25, 0.3) is 0 Å². The molecule has 0 bridgehead atoms. The maximum atomic E-state index is 11.8. The zero-order valence-electron chi connectivity index (χ0n) is 8.78. The third-order valence-corrected chi connectivity index (χ3v) is 3.47. The maximum Gasteiger partial charge on any atom is 0.242 e. The number of amides is 1. The molecule has 5 nitrogen and oxygen atoms in total. The molecule has 2 N–H and O–H groups in total. The second-order valence-corrected chi connectivity index (χ2v) is 4.56. The van der Waals surface area contributed by atoms with Crippen LogP contribution in [0.2, 0.25) is 0 Å². The summed E-state index contributed by atoms with van der Waals surface area (Å²) in [6.07, 6.45) is 1.68. The van der Waals surface area contributed by atoms with Crippen molar-refractivity contribution >= 4 is 23.4 Å². The Morgan fingerprint density at radius 1 is 1.80 bits per heavy atom. The Morgan fingerprint density at radius 3 is 3.13 bits per heavy atom. The minimum Gasteiger partial charge on any atom is -0.322 e. The summed E-state index contributed by atoms with van der Waals surface area (Å²) in [5.74, 6) is 1.71. The second kappa shape index (κ2) is 4.24. The minimum atomic E-state index is -0.0744. The van der Waals surface area contributed by atoms with Crippen molar-refractivity contribution in [3.05, 3.63) is 11.9 Å². The van der Waals surface area contributed by atoms with Crippen LogP contribution in [0.5, 0.6) is 0 Å². The van der Waals surface area contributed by atoms with E-state index in [0.29, 0.717) is 0 Å². The molecular formula is C9H14N4OS. The second-order valence-electron chi connectivity index (χ2n) is 3.53. The van der Waals surface area contributed by atoms with Crippen LogP contribution in [0, 0.1) is 6.92 Å². The Morgan fingerprint density at radius 2 is 2.60 bits per heavy atom. The van der Waals surface area contributed by atoms with Crippen LogP contribution in [0.4, 0.5) is 5.69 Å². The minimum absolute atomic E-state index is 0.0242. The van der Waals surface area contributed by atoms with E-state index < -0.39 is 0 Å². The first-order valence-corrected chi connectivity index (χ1v) is 5.94. The van der Waals surface area contributed by atoms with Gasteiger partial charge in [-0.1, -0.05) is 0 Å². The standard InChI is InChI=1S/C9H14N4OS/c1-6-7(3-11-13(6)2)12-9(14)8-4-15-5-10-8/h3,8,10H,4-5H2,1-2H3,(H,12,14). The van der Waals surface area contributed by atoms with Gasteiger partial charge in [0.05, 0.1) is 23.6 Å². The van der Waals surface area contributed by atoms with Crippen molar-refractivity contribution < 1.29 is 4.79 Å². The van der Waals surface area contributed by atoms with Gasteiger partial charge in [-0.3, -0.25) is 14.8 Å². The van der Waals surface area contributed by atoms with Crippen molar-refractivity contribution in [1.29, 1.82) is 0 Å². The molecule has 1 aliphatic heterocycles. The summed E-state index contributed by atoms with van der Waals surface area (Å²) in [5.41, 5.74) is 1.76. The number of rotatable bonds is 2. The van der Waals surface area contributed by atoms with E-state index in [4.69, 9.17) is 0 Å². The summed E-state index contributed by atoms with van der Waals surface area (Å²) >= 11 is 1.74. The fourth-order valence-corrected chi connectivity index (χ4v) is 2.35. The molecule has 1 aromatic heterocycles. The Hall–Kier alpha value is -1.01. The van der Waals surface area contributed by atoms with Gasteiger partial charge in [0, 0.05) is 18.7 Å². The quantitative estimate of drug-likeness (QED) is 0.763. The number of aromatic nitrogens is 2. The molecule has 1 fully saturated rings. The Kier molecular flexibility index (Phi) is 2.97. The molecule has 0 radical (unpaired) electrons. The summed E-state index contributed by atoms with van der Waals surface area (Å²) in [4.78, 5) is 11.8. The van der Waals surface area contributed by atoms with Crippen LogP contribution in [0.1, 0.15) is 5.69 Å². The van der Waals surface area contributed by atoms with Crippen molar-refractivity contribution in [2.45, 2.75) is 13.0 Å². The van der Waals surface area contributed by atoms with Crippen LogP contribution in [0.15, 0.2) is 6.20 Å². The maximum absolute atomic E-state index is 11.8. The lowest BCUT2D eigenvalue weighted by Crippen LogP contribution is -2.37. The van der Waals surface area contributed by atoms with Gasteiger partial charge in [-0.25, -0.2) is 0 Å². The summed E-state index contributed by atoms with van der Waals surface area (Å²) in [6, 6.07) is -0.0744. The third-order valence-electron chi connectivity index (χ3n) is 2.53. The van der Waals surface area contributed by atoms with Crippen LogP contribution in [0.3, 0.4) is 0 Å². The third kappa shape index (κ3) is 2.15. The molecule has 0 spiro atoms. The average molecular weight is 226 g/mol. The summed E-state index contributed by atoms with van der Waals surface area (Å²) in [7, 11) is 1.86. The molecule has 2 heterocycles. The molecule has 2 rings (SSSR count). The highest BCUT2D eigenvalue weighted by Crippen LogP contribution is 2.15. The number of carbonyl (C=O) groups excluding carboxylic acids is 1. The lowest BCUT2D eigenvalue weighted by molar-refractivity contribution is -0.117. The fraction of sp³-hybridized carbons (Fsp3) is 0.556. The lowest BCUT2D eigenvalue weighted by atomic mass is 10.3. The molecule has 1 aliphatic rings. The van der Waals surface area contributed by atoms with Crippen molar-refractivity contribution in [3.63, 3.8) is 0 Å². The number of thioether (sulfide) groups is 1. The molecule has 1 aromatic rings. The smallest absolute Gasteiger partial charge is 0.242 e. The average Bonchev–Trinajstić information content (AvgIpc) is 2.83. The number of hydrogen-bond acceptors (Lipinski definition) is 4. The van der Waals surface area contributed by atoms with E-state index in [1.54, 1.807) is 22.6 Å². The van der Waals surface area contributed by atoms with Gasteiger partial charge in [-0.05, 0) is 6.92 Å². The predicted molar refractivity (Wildman–Crippen MR) is 60.8 cm³/mol. The van der Waals surface area contributed by atoms with E-state index in [1.165, 1.54) is 0 Å². The monoisotopic (exact) mass is 226 g/mol. The van der Waals surface area contributed by atoms with E-state index in [-0.39, 0.29) is 11.9 Å². The van der Waals surface area contributed by atoms with Crippen LogP contribution in [-0.2, 0) is 11.8 Å². The molecule has 0 saturated carbocycles. The first kappa shape index (κ1) is 10.5. The van der Waals surface area contributed by atoms with E-state index in [2.05, 4.69) is 15.7 Å². The number of nitrogens with zero attached hydrogens (tertiary/aromatic N) is 2. The van der Waals surface area contributed by atoms with Gasteiger partial charge in [0.25, 0.3) is 0 Å². The topological polar surface area (TPSA) is 59.0 Å². The van der Waals surface area contributed by atoms with Gasteiger partial charge in [0.15, 0.2) is 0 Å². The number of anilines is 1. The number of hydrogen-bond donors (Lipinski definition) is 2. The van der Waals surface area contributed by atoms with Crippen molar-refractivity contribution in [2.75, 3.05) is 16.9 Å². The predicted octanol–water partition coefficient (Wildman–Crippen LogP) is 0.330. The molecule has 1 amide bonds. The van der Waals surface area contributed by atoms with E-state index in [1.807, 2.05) is 14.0 Å². The molecule has 1 saturated heterocycles. The van der Waals surface area contributed by atoms with Gasteiger partial charge >= 0.3 is 0 Å². The number of carbonyl (C=O) groups is 1. The summed E-state index contributed by atoms with van der Waals surface area (Å²) in [5, 5.41) is 10.1. The molecule has 82 valence electrons.